The van der Waals surface area contributed by atoms with Crippen LogP contribution in [0, 0.1) is 0 Å². The molecule has 0 radical (unpaired) electrons. The average Bonchev–Trinajstić information content (AvgIpc) is 3.51. The van der Waals surface area contributed by atoms with Crippen molar-refractivity contribution in [2.75, 3.05) is 30.8 Å². The predicted octanol–water partition coefficient (Wildman–Crippen LogP) is 3.65. The number of nitrogens with zero attached hydrogens (tertiary/aromatic N) is 3. The molecule has 2 aromatic carbocycles. The molecule has 1 amide bonds. The molecule has 0 unspecified atom stereocenters. The second kappa shape index (κ2) is 8.12. The Kier molecular flexibility index (Phi) is 5.65. The highest BCUT2D eigenvalue weighted by Gasteiger charge is 2.32. The molecule has 1 aliphatic carbocycles. The summed E-state index contributed by atoms with van der Waals surface area (Å²) in [5.41, 5.74) is 2.62. The lowest BCUT2D eigenvalue weighted by molar-refractivity contribution is 0.0957. The number of carbonyl (C=O) groups excluding carboxylic acids is 1. The Morgan fingerprint density at radius 1 is 1.29 bits per heavy atom. The van der Waals surface area contributed by atoms with Crippen LogP contribution in [0.3, 0.4) is 0 Å². The minimum atomic E-state index is -3.69. The van der Waals surface area contributed by atoms with Crippen molar-refractivity contribution in [1.82, 2.24) is 15.1 Å². The van der Waals surface area contributed by atoms with Gasteiger partial charge in [-0.25, -0.2) is 17.5 Å². The van der Waals surface area contributed by atoms with Gasteiger partial charge in [0.25, 0.3) is 5.91 Å². The zero-order valence-electron chi connectivity index (χ0n) is 17.1. The number of fused-ring (bicyclic) bond motifs is 1. The van der Waals surface area contributed by atoms with Crippen LogP contribution in [0.1, 0.15) is 34.8 Å². The number of hydrogen-bond acceptors (Lipinski definition) is 4. The molecule has 1 saturated carbocycles. The van der Waals surface area contributed by atoms with Crippen LogP contribution >= 0.6 is 11.6 Å². The monoisotopic (exact) mass is 464 g/mol. The molecule has 1 fully saturated rings. The van der Waals surface area contributed by atoms with Crippen LogP contribution in [0.5, 0.6) is 0 Å². The summed E-state index contributed by atoms with van der Waals surface area (Å²) in [5, 5.41) is 8.39. The van der Waals surface area contributed by atoms with Crippen LogP contribution in [0.15, 0.2) is 36.4 Å². The van der Waals surface area contributed by atoms with E-state index in [0.29, 0.717) is 33.0 Å². The fourth-order valence-electron chi connectivity index (χ4n) is 3.72. The van der Waals surface area contributed by atoms with Crippen LogP contribution in [-0.2, 0) is 10.0 Å². The number of alkyl halides is 1. The number of halogens is 2. The van der Waals surface area contributed by atoms with Gasteiger partial charge < -0.3 is 5.32 Å². The Bertz CT molecular complexity index is 1250. The molecule has 1 heterocycles. The van der Waals surface area contributed by atoms with Gasteiger partial charge in [-0.15, -0.1) is 0 Å². The van der Waals surface area contributed by atoms with Gasteiger partial charge >= 0.3 is 0 Å². The Balaban J connectivity index is 2.00. The third kappa shape index (κ3) is 4.12. The summed E-state index contributed by atoms with van der Waals surface area (Å²) in [4.78, 5) is 12.8. The van der Waals surface area contributed by atoms with Crippen molar-refractivity contribution in [2.45, 2.75) is 18.8 Å². The number of carbonyl (C=O) groups is 1. The quantitative estimate of drug-likeness (QED) is 0.578. The largest absolute Gasteiger partial charge is 0.354 e. The number of amides is 1. The van der Waals surface area contributed by atoms with E-state index in [4.69, 9.17) is 11.6 Å². The maximum atomic E-state index is 13.2. The molecule has 0 aliphatic heterocycles. The molecule has 31 heavy (non-hydrogen) atoms. The van der Waals surface area contributed by atoms with E-state index in [9.17, 15) is 17.6 Å². The first-order valence-electron chi connectivity index (χ1n) is 9.83. The maximum Gasteiger partial charge on any atom is 0.270 e. The number of hydrogen-bond donors (Lipinski definition) is 1. The first-order valence-corrected chi connectivity index (χ1v) is 12.1. The first-order chi connectivity index (χ1) is 14.7. The molecular weight excluding hydrogens is 443 g/mol. The third-order valence-corrected chi connectivity index (χ3v) is 6.74. The first kappa shape index (κ1) is 21.6. The maximum absolute atomic E-state index is 13.2. The average molecular weight is 465 g/mol. The van der Waals surface area contributed by atoms with Crippen molar-refractivity contribution in [1.29, 1.82) is 0 Å². The van der Waals surface area contributed by atoms with E-state index in [1.807, 2.05) is 6.07 Å². The minimum Gasteiger partial charge on any atom is -0.354 e. The summed E-state index contributed by atoms with van der Waals surface area (Å²) in [5.74, 6) is -0.157. The van der Waals surface area contributed by atoms with Gasteiger partial charge in [-0.3, -0.25) is 9.10 Å². The van der Waals surface area contributed by atoms with E-state index in [1.165, 1.54) is 11.7 Å². The fourth-order valence-corrected chi connectivity index (χ4v) is 4.77. The van der Waals surface area contributed by atoms with Gasteiger partial charge in [-0.1, -0.05) is 11.6 Å². The second-order valence-corrected chi connectivity index (χ2v) is 9.89. The van der Waals surface area contributed by atoms with Crippen molar-refractivity contribution in [3.8, 4) is 5.69 Å². The van der Waals surface area contributed by atoms with Crippen LogP contribution in [-0.4, -0.2) is 50.6 Å². The normalized spacial score (nSPS) is 14.1. The molecule has 0 bridgehead atoms. The van der Waals surface area contributed by atoms with Gasteiger partial charge in [0, 0.05) is 17.5 Å². The van der Waals surface area contributed by atoms with Crippen molar-refractivity contribution >= 4 is 44.1 Å². The van der Waals surface area contributed by atoms with Crippen LogP contribution in [0.4, 0.5) is 10.1 Å². The summed E-state index contributed by atoms with van der Waals surface area (Å²) >= 11 is 6.00. The molecule has 3 aromatic rings. The molecule has 4 rings (SSSR count). The highest BCUT2D eigenvalue weighted by atomic mass is 35.5. The van der Waals surface area contributed by atoms with Gasteiger partial charge in [-0.2, -0.15) is 5.10 Å². The molecule has 0 spiro atoms. The molecule has 164 valence electrons. The number of sulfonamides is 1. The van der Waals surface area contributed by atoms with E-state index in [-0.39, 0.29) is 18.4 Å². The SMILES string of the molecule is CNC(=O)c1c2cc(C3CC3)c(N(CCF)S(C)(=O)=O)cc2nn1-c1ccc(Cl)cc1. The Morgan fingerprint density at radius 2 is 1.97 bits per heavy atom. The number of nitrogens with one attached hydrogen (secondary N) is 1. The van der Waals surface area contributed by atoms with E-state index >= 15 is 0 Å². The smallest absolute Gasteiger partial charge is 0.270 e. The molecule has 1 N–H and O–H groups in total. The molecule has 0 saturated heterocycles. The molecule has 10 heteroatoms. The third-order valence-electron chi connectivity index (χ3n) is 5.31. The van der Waals surface area contributed by atoms with Crippen LogP contribution in [0.25, 0.3) is 16.6 Å². The molecule has 1 aliphatic rings. The summed E-state index contributed by atoms with van der Waals surface area (Å²) in [6.45, 7) is -1.08. The van der Waals surface area contributed by atoms with Crippen LogP contribution in [0.2, 0.25) is 5.02 Å². The summed E-state index contributed by atoms with van der Waals surface area (Å²) < 4.78 is 40.6. The van der Waals surface area contributed by atoms with Crippen molar-refractivity contribution in [3.05, 3.63) is 52.7 Å². The van der Waals surface area contributed by atoms with Crippen molar-refractivity contribution in [2.24, 2.45) is 0 Å². The van der Waals surface area contributed by atoms with Gasteiger partial charge in [0.05, 0.1) is 29.7 Å². The van der Waals surface area contributed by atoms with Crippen molar-refractivity contribution < 1.29 is 17.6 Å². The van der Waals surface area contributed by atoms with E-state index < -0.39 is 16.7 Å². The number of benzene rings is 2. The summed E-state index contributed by atoms with van der Waals surface area (Å²) in [6, 6.07) is 10.3. The van der Waals surface area contributed by atoms with Gasteiger partial charge in [-0.05, 0) is 60.7 Å². The topological polar surface area (TPSA) is 84.3 Å². The Labute approximate surface area is 184 Å². The van der Waals surface area contributed by atoms with Crippen molar-refractivity contribution in [3.63, 3.8) is 0 Å². The summed E-state index contributed by atoms with van der Waals surface area (Å²) in [7, 11) is -2.16. The number of anilines is 1. The van der Waals surface area contributed by atoms with Crippen LogP contribution < -0.4 is 9.62 Å². The van der Waals surface area contributed by atoms with Gasteiger partial charge in [0.15, 0.2) is 0 Å². The standard InChI is InChI=1S/C21H22ClFN4O3S/c1-24-21(28)20-17-11-16(13-3-4-13)19(26(10-9-23)31(2,29)30)12-18(17)25-27(20)15-7-5-14(22)6-8-15/h5-8,11-13H,3-4,9-10H2,1-2H3,(H,24,28). The molecule has 0 atom stereocenters. The highest BCUT2D eigenvalue weighted by Crippen LogP contribution is 2.46. The fraction of sp³-hybridized carbons (Fsp3) is 0.333. The minimum absolute atomic E-state index is 0.166. The van der Waals surface area contributed by atoms with Gasteiger partial charge in [0.1, 0.15) is 12.4 Å². The lowest BCUT2D eigenvalue weighted by Crippen LogP contribution is -2.32. The Morgan fingerprint density at radius 3 is 2.52 bits per heavy atom. The molecule has 1 aromatic heterocycles. The lowest BCUT2D eigenvalue weighted by atomic mass is 10.0. The molecule has 7 nitrogen and oxygen atoms in total. The highest BCUT2D eigenvalue weighted by molar-refractivity contribution is 7.92. The zero-order valence-corrected chi connectivity index (χ0v) is 18.7. The van der Waals surface area contributed by atoms with E-state index in [0.717, 1.165) is 29.0 Å². The number of aromatic nitrogens is 2. The summed E-state index contributed by atoms with van der Waals surface area (Å²) in [6.07, 6.45) is 2.88. The zero-order chi connectivity index (χ0) is 22.3. The molecular formula is C21H22ClFN4O3S. The Hall–Kier alpha value is -2.65. The van der Waals surface area contributed by atoms with E-state index in [1.54, 1.807) is 30.3 Å². The lowest BCUT2D eigenvalue weighted by Gasteiger charge is -2.24. The van der Waals surface area contributed by atoms with Gasteiger partial charge in [0.2, 0.25) is 10.0 Å². The second-order valence-electron chi connectivity index (χ2n) is 7.54. The number of rotatable bonds is 7. The predicted molar refractivity (Wildman–Crippen MR) is 120 cm³/mol. The van der Waals surface area contributed by atoms with E-state index in [2.05, 4.69) is 10.4 Å².